The normalized spacial score (nSPS) is 19.2. The van der Waals surface area contributed by atoms with E-state index in [1.165, 1.54) is 0 Å². The number of carbonyl (C=O) groups excluding carboxylic acids is 2. The van der Waals surface area contributed by atoms with Gasteiger partial charge in [-0.05, 0) is 43.2 Å². The van der Waals surface area contributed by atoms with Crippen molar-refractivity contribution in [1.29, 1.82) is 0 Å². The summed E-state index contributed by atoms with van der Waals surface area (Å²) in [4.78, 5) is 26.5. The second-order valence-electron chi connectivity index (χ2n) is 6.62. The quantitative estimate of drug-likeness (QED) is 0.871. The number of carbonyl (C=O) groups is 2. The monoisotopic (exact) mass is 336 g/mol. The molecule has 0 bridgehead atoms. The van der Waals surface area contributed by atoms with Gasteiger partial charge in [0.25, 0.3) is 5.91 Å². The molecule has 5 nitrogen and oxygen atoms in total. The van der Waals surface area contributed by atoms with Gasteiger partial charge in [-0.25, -0.2) is 0 Å². The van der Waals surface area contributed by atoms with Gasteiger partial charge in [0.1, 0.15) is 12.4 Å². The van der Waals surface area contributed by atoms with Crippen LogP contribution in [-0.2, 0) is 17.8 Å². The molecule has 128 valence electrons. The molecular weight excluding hydrogens is 316 g/mol. The molecular formula is C20H20N2O3. The van der Waals surface area contributed by atoms with Crippen LogP contribution in [0.4, 0.5) is 5.69 Å². The Bertz CT molecular complexity index is 847. The molecule has 2 aliphatic rings. The van der Waals surface area contributed by atoms with Crippen LogP contribution in [0.3, 0.4) is 0 Å². The number of benzene rings is 2. The van der Waals surface area contributed by atoms with Gasteiger partial charge in [0.05, 0.1) is 12.6 Å². The van der Waals surface area contributed by atoms with Crippen molar-refractivity contribution in [3.8, 4) is 5.75 Å². The van der Waals surface area contributed by atoms with Crippen LogP contribution in [0.5, 0.6) is 5.75 Å². The van der Waals surface area contributed by atoms with E-state index in [1.54, 1.807) is 6.07 Å². The standard InChI is InChI=1S/C20H20N2O3/c1-13-12-25-18-5-3-2-4-16(18)11-22(13)20(24)15-6-8-17-14(10-15)7-9-19(23)21-17/h2-6,8,10,13H,7,9,11-12H2,1H3,(H,21,23). The van der Waals surface area contributed by atoms with Crippen LogP contribution in [0.15, 0.2) is 42.5 Å². The molecule has 0 aromatic heterocycles. The van der Waals surface area contributed by atoms with Crippen molar-refractivity contribution in [3.05, 3.63) is 59.2 Å². The van der Waals surface area contributed by atoms with E-state index < -0.39 is 0 Å². The summed E-state index contributed by atoms with van der Waals surface area (Å²) in [6, 6.07) is 13.3. The average molecular weight is 336 g/mol. The highest BCUT2D eigenvalue weighted by molar-refractivity contribution is 5.98. The number of hydrogen-bond acceptors (Lipinski definition) is 3. The highest BCUT2D eigenvalue weighted by Gasteiger charge is 2.27. The van der Waals surface area contributed by atoms with Gasteiger partial charge >= 0.3 is 0 Å². The van der Waals surface area contributed by atoms with Crippen molar-refractivity contribution in [2.24, 2.45) is 0 Å². The summed E-state index contributed by atoms with van der Waals surface area (Å²) in [6.45, 7) is 3.01. The molecule has 0 saturated carbocycles. The minimum atomic E-state index is -0.0179. The predicted molar refractivity (Wildman–Crippen MR) is 94.7 cm³/mol. The van der Waals surface area contributed by atoms with Crippen molar-refractivity contribution >= 4 is 17.5 Å². The number of anilines is 1. The van der Waals surface area contributed by atoms with Crippen molar-refractivity contribution in [1.82, 2.24) is 4.90 Å². The third-order valence-electron chi connectivity index (χ3n) is 4.83. The van der Waals surface area contributed by atoms with E-state index in [2.05, 4.69) is 5.32 Å². The zero-order valence-corrected chi connectivity index (χ0v) is 14.1. The molecule has 0 radical (unpaired) electrons. The van der Waals surface area contributed by atoms with Crippen LogP contribution in [0.2, 0.25) is 0 Å². The summed E-state index contributed by atoms with van der Waals surface area (Å²) in [7, 11) is 0. The lowest BCUT2D eigenvalue weighted by atomic mass is 9.99. The van der Waals surface area contributed by atoms with Crippen LogP contribution >= 0.6 is 0 Å². The van der Waals surface area contributed by atoms with E-state index in [9.17, 15) is 9.59 Å². The Morgan fingerprint density at radius 2 is 2.00 bits per heavy atom. The number of aryl methyl sites for hydroxylation is 1. The van der Waals surface area contributed by atoms with Crippen molar-refractivity contribution in [2.45, 2.75) is 32.4 Å². The third-order valence-corrected chi connectivity index (χ3v) is 4.83. The zero-order valence-electron chi connectivity index (χ0n) is 14.1. The first-order chi connectivity index (χ1) is 12.1. The van der Waals surface area contributed by atoms with Gasteiger partial charge in [-0.15, -0.1) is 0 Å². The smallest absolute Gasteiger partial charge is 0.254 e. The Morgan fingerprint density at radius 1 is 1.16 bits per heavy atom. The Morgan fingerprint density at radius 3 is 2.88 bits per heavy atom. The molecule has 1 atom stereocenters. The summed E-state index contributed by atoms with van der Waals surface area (Å²) in [5.41, 5.74) is 3.50. The SMILES string of the molecule is CC1COc2ccccc2CN1C(=O)c1ccc2c(c1)CCC(=O)N2. The summed E-state index contributed by atoms with van der Waals surface area (Å²) in [5.74, 6) is 0.867. The number of fused-ring (bicyclic) bond motifs is 2. The first kappa shape index (κ1) is 15.7. The topological polar surface area (TPSA) is 58.6 Å². The van der Waals surface area contributed by atoms with Crippen LogP contribution in [0, 0.1) is 0 Å². The molecule has 2 aliphatic heterocycles. The number of para-hydroxylation sites is 1. The number of hydrogen-bond donors (Lipinski definition) is 1. The fourth-order valence-electron chi connectivity index (χ4n) is 3.37. The van der Waals surface area contributed by atoms with E-state index in [4.69, 9.17) is 4.74 Å². The fraction of sp³-hybridized carbons (Fsp3) is 0.300. The lowest BCUT2D eigenvalue weighted by molar-refractivity contribution is -0.116. The first-order valence-electron chi connectivity index (χ1n) is 8.56. The summed E-state index contributed by atoms with van der Waals surface area (Å²) in [5, 5.41) is 2.85. The van der Waals surface area contributed by atoms with Gasteiger partial charge in [0.15, 0.2) is 0 Å². The van der Waals surface area contributed by atoms with E-state index >= 15 is 0 Å². The molecule has 2 aromatic carbocycles. The van der Waals surface area contributed by atoms with Gasteiger partial charge in [-0.1, -0.05) is 18.2 Å². The molecule has 0 spiro atoms. The van der Waals surface area contributed by atoms with Gasteiger partial charge in [0, 0.05) is 23.2 Å². The highest BCUT2D eigenvalue weighted by atomic mass is 16.5. The van der Waals surface area contributed by atoms with Gasteiger partial charge in [-0.2, -0.15) is 0 Å². The number of amides is 2. The molecule has 2 heterocycles. The Balaban J connectivity index is 1.63. The first-order valence-corrected chi connectivity index (χ1v) is 8.56. The summed E-state index contributed by atoms with van der Waals surface area (Å²) < 4.78 is 5.84. The van der Waals surface area contributed by atoms with Gasteiger partial charge in [-0.3, -0.25) is 9.59 Å². The van der Waals surface area contributed by atoms with E-state index in [0.717, 1.165) is 22.6 Å². The highest BCUT2D eigenvalue weighted by Crippen LogP contribution is 2.28. The number of ether oxygens (including phenoxy) is 1. The summed E-state index contributed by atoms with van der Waals surface area (Å²) >= 11 is 0. The lowest BCUT2D eigenvalue weighted by Gasteiger charge is -2.27. The van der Waals surface area contributed by atoms with Crippen LogP contribution in [-0.4, -0.2) is 29.4 Å². The molecule has 2 amide bonds. The van der Waals surface area contributed by atoms with Crippen molar-refractivity contribution in [2.75, 3.05) is 11.9 Å². The van der Waals surface area contributed by atoms with Crippen LogP contribution in [0.1, 0.15) is 34.8 Å². The second-order valence-corrected chi connectivity index (χ2v) is 6.62. The molecule has 1 unspecified atom stereocenters. The van der Waals surface area contributed by atoms with Crippen LogP contribution < -0.4 is 10.1 Å². The minimum Gasteiger partial charge on any atom is -0.491 e. The molecule has 25 heavy (non-hydrogen) atoms. The van der Waals surface area contributed by atoms with Crippen LogP contribution in [0.25, 0.3) is 0 Å². The average Bonchev–Trinajstić information content (AvgIpc) is 2.80. The fourth-order valence-corrected chi connectivity index (χ4v) is 3.37. The van der Waals surface area contributed by atoms with E-state index in [1.807, 2.05) is 48.2 Å². The zero-order chi connectivity index (χ0) is 17.4. The molecule has 2 aromatic rings. The largest absolute Gasteiger partial charge is 0.491 e. The Hall–Kier alpha value is -2.82. The molecule has 5 heteroatoms. The maximum atomic E-state index is 13.1. The molecule has 0 aliphatic carbocycles. The van der Waals surface area contributed by atoms with Crippen molar-refractivity contribution in [3.63, 3.8) is 0 Å². The Kier molecular flexibility index (Phi) is 3.92. The van der Waals surface area contributed by atoms with E-state index in [-0.39, 0.29) is 17.9 Å². The number of nitrogens with zero attached hydrogens (tertiary/aromatic N) is 1. The van der Waals surface area contributed by atoms with E-state index in [0.29, 0.717) is 31.6 Å². The number of nitrogens with one attached hydrogen (secondary N) is 1. The maximum absolute atomic E-state index is 13.1. The predicted octanol–water partition coefficient (Wildman–Crippen LogP) is 2.99. The molecule has 0 fully saturated rings. The maximum Gasteiger partial charge on any atom is 0.254 e. The lowest BCUT2D eigenvalue weighted by Crippen LogP contribution is -2.40. The van der Waals surface area contributed by atoms with Gasteiger partial charge < -0.3 is 15.0 Å². The van der Waals surface area contributed by atoms with Crippen molar-refractivity contribution < 1.29 is 14.3 Å². The molecule has 0 saturated heterocycles. The molecule has 1 N–H and O–H groups in total. The number of rotatable bonds is 1. The second kappa shape index (κ2) is 6.24. The summed E-state index contributed by atoms with van der Waals surface area (Å²) in [6.07, 6.45) is 1.13. The van der Waals surface area contributed by atoms with Gasteiger partial charge in [0.2, 0.25) is 5.91 Å². The minimum absolute atomic E-state index is 0.00694. The Labute approximate surface area is 146 Å². The molecule has 4 rings (SSSR count). The third kappa shape index (κ3) is 2.97.